The third-order valence-corrected chi connectivity index (χ3v) is 4.93. The summed E-state index contributed by atoms with van der Waals surface area (Å²) < 4.78 is 5.74. The van der Waals surface area contributed by atoms with Gasteiger partial charge >= 0.3 is 0 Å². The Hall–Kier alpha value is -1.51. The lowest BCUT2D eigenvalue weighted by Crippen LogP contribution is -2.10. The SMILES string of the molecule is CCCCCCCCCCCCCCCCOc1ccc(C(=N)N)cc1. The van der Waals surface area contributed by atoms with Crippen LogP contribution in [0.5, 0.6) is 5.75 Å². The number of benzene rings is 1. The lowest BCUT2D eigenvalue weighted by atomic mass is 10.0. The van der Waals surface area contributed by atoms with Gasteiger partial charge in [0.05, 0.1) is 6.61 Å². The maximum Gasteiger partial charge on any atom is 0.122 e. The summed E-state index contributed by atoms with van der Waals surface area (Å²) in [6.45, 7) is 3.06. The average molecular weight is 361 g/mol. The zero-order chi connectivity index (χ0) is 18.9. The highest BCUT2D eigenvalue weighted by molar-refractivity contribution is 5.94. The van der Waals surface area contributed by atoms with Gasteiger partial charge in [0.1, 0.15) is 11.6 Å². The maximum atomic E-state index is 7.37. The highest BCUT2D eigenvalue weighted by Gasteiger charge is 1.98. The Bertz CT molecular complexity index is 456. The van der Waals surface area contributed by atoms with Crippen LogP contribution in [0.3, 0.4) is 0 Å². The molecule has 0 radical (unpaired) electrons. The van der Waals surface area contributed by atoms with Crippen molar-refractivity contribution in [2.45, 2.75) is 96.8 Å². The molecule has 0 spiro atoms. The van der Waals surface area contributed by atoms with Crippen LogP contribution in [0, 0.1) is 5.41 Å². The number of ether oxygens (including phenoxy) is 1. The number of amidine groups is 1. The van der Waals surface area contributed by atoms with E-state index < -0.39 is 0 Å². The first-order valence-electron chi connectivity index (χ1n) is 10.8. The van der Waals surface area contributed by atoms with Gasteiger partial charge in [0.15, 0.2) is 0 Å². The van der Waals surface area contributed by atoms with Gasteiger partial charge in [-0.15, -0.1) is 0 Å². The monoisotopic (exact) mass is 360 g/mol. The minimum absolute atomic E-state index is 0.100. The summed E-state index contributed by atoms with van der Waals surface area (Å²) in [5, 5.41) is 7.37. The zero-order valence-corrected chi connectivity index (χ0v) is 16.9. The summed E-state index contributed by atoms with van der Waals surface area (Å²) in [5.41, 5.74) is 6.19. The predicted molar refractivity (Wildman–Crippen MR) is 113 cm³/mol. The van der Waals surface area contributed by atoms with Crippen molar-refractivity contribution >= 4 is 5.84 Å². The molecule has 148 valence electrons. The summed E-state index contributed by atoms with van der Waals surface area (Å²) in [6.07, 6.45) is 19.2. The molecular formula is C23H40N2O. The van der Waals surface area contributed by atoms with Crippen molar-refractivity contribution in [3.8, 4) is 5.75 Å². The van der Waals surface area contributed by atoms with E-state index in [1.165, 1.54) is 83.5 Å². The number of hydrogen-bond acceptors (Lipinski definition) is 2. The highest BCUT2D eigenvalue weighted by Crippen LogP contribution is 2.14. The second-order valence-electron chi connectivity index (χ2n) is 7.38. The molecule has 26 heavy (non-hydrogen) atoms. The topological polar surface area (TPSA) is 59.1 Å². The first-order valence-corrected chi connectivity index (χ1v) is 10.8. The smallest absolute Gasteiger partial charge is 0.122 e. The first kappa shape index (κ1) is 22.5. The fourth-order valence-electron chi connectivity index (χ4n) is 3.22. The van der Waals surface area contributed by atoms with Crippen LogP contribution < -0.4 is 10.5 Å². The van der Waals surface area contributed by atoms with E-state index in [1.807, 2.05) is 24.3 Å². The molecule has 0 aliphatic rings. The minimum atomic E-state index is 0.100. The molecule has 3 nitrogen and oxygen atoms in total. The van der Waals surface area contributed by atoms with E-state index in [-0.39, 0.29) is 5.84 Å². The molecule has 0 aliphatic carbocycles. The summed E-state index contributed by atoms with van der Waals surface area (Å²) >= 11 is 0. The van der Waals surface area contributed by atoms with Crippen molar-refractivity contribution in [2.24, 2.45) is 5.73 Å². The van der Waals surface area contributed by atoms with Crippen LogP contribution in [0.15, 0.2) is 24.3 Å². The fourth-order valence-corrected chi connectivity index (χ4v) is 3.22. The number of nitrogens with one attached hydrogen (secondary N) is 1. The molecule has 0 unspecified atom stereocenters. The normalized spacial score (nSPS) is 10.8. The van der Waals surface area contributed by atoms with Gasteiger partial charge in [-0.1, -0.05) is 90.4 Å². The number of nitrogens with two attached hydrogens (primary N) is 1. The molecule has 0 saturated carbocycles. The van der Waals surface area contributed by atoms with Crippen LogP contribution in [-0.2, 0) is 0 Å². The van der Waals surface area contributed by atoms with Gasteiger partial charge < -0.3 is 10.5 Å². The van der Waals surface area contributed by atoms with Gasteiger partial charge in [-0.05, 0) is 30.7 Å². The van der Waals surface area contributed by atoms with Gasteiger partial charge in [0.2, 0.25) is 0 Å². The summed E-state index contributed by atoms with van der Waals surface area (Å²) in [5.74, 6) is 0.966. The van der Waals surface area contributed by atoms with Crippen molar-refractivity contribution in [1.82, 2.24) is 0 Å². The summed E-state index contributed by atoms with van der Waals surface area (Å²) in [4.78, 5) is 0. The van der Waals surface area contributed by atoms with Crippen LogP contribution >= 0.6 is 0 Å². The van der Waals surface area contributed by atoms with Crippen molar-refractivity contribution in [3.05, 3.63) is 29.8 Å². The van der Waals surface area contributed by atoms with Gasteiger partial charge in [-0.3, -0.25) is 5.41 Å². The minimum Gasteiger partial charge on any atom is -0.494 e. The molecule has 3 N–H and O–H groups in total. The second-order valence-corrected chi connectivity index (χ2v) is 7.38. The third kappa shape index (κ3) is 11.9. The highest BCUT2D eigenvalue weighted by atomic mass is 16.5. The zero-order valence-electron chi connectivity index (χ0n) is 16.9. The molecule has 0 saturated heterocycles. The first-order chi connectivity index (χ1) is 12.7. The molecule has 1 aromatic carbocycles. The lowest BCUT2D eigenvalue weighted by Gasteiger charge is -2.07. The van der Waals surface area contributed by atoms with Gasteiger partial charge in [-0.2, -0.15) is 0 Å². The molecular weight excluding hydrogens is 320 g/mol. The molecule has 0 atom stereocenters. The predicted octanol–water partition coefficient (Wildman–Crippen LogP) is 6.83. The van der Waals surface area contributed by atoms with Crippen molar-refractivity contribution in [3.63, 3.8) is 0 Å². The number of unbranched alkanes of at least 4 members (excludes halogenated alkanes) is 13. The van der Waals surface area contributed by atoms with Crippen LogP contribution in [0.2, 0.25) is 0 Å². The standard InChI is InChI=1S/C23H40N2O/c1-2-3-4-5-6-7-8-9-10-11-12-13-14-15-20-26-22-18-16-21(17-19-22)23(24)25/h16-19H,2-15,20H2,1H3,(H3,24,25). The average Bonchev–Trinajstić information content (AvgIpc) is 2.65. The van der Waals surface area contributed by atoms with E-state index in [4.69, 9.17) is 15.9 Å². The van der Waals surface area contributed by atoms with Crippen LogP contribution in [-0.4, -0.2) is 12.4 Å². The molecule has 0 amide bonds. The fraction of sp³-hybridized carbons (Fsp3) is 0.696. The van der Waals surface area contributed by atoms with E-state index in [9.17, 15) is 0 Å². The molecule has 0 aromatic heterocycles. The molecule has 0 heterocycles. The Balaban J connectivity index is 1.83. The number of rotatable bonds is 17. The lowest BCUT2D eigenvalue weighted by molar-refractivity contribution is 0.304. The quantitative estimate of drug-likeness (QED) is 0.182. The van der Waals surface area contributed by atoms with E-state index >= 15 is 0 Å². The Labute approximate surface area is 161 Å². The van der Waals surface area contributed by atoms with Crippen LogP contribution in [0.4, 0.5) is 0 Å². The van der Waals surface area contributed by atoms with Gasteiger partial charge in [0, 0.05) is 5.56 Å². The van der Waals surface area contributed by atoms with Crippen molar-refractivity contribution < 1.29 is 4.74 Å². The Morgan fingerprint density at radius 3 is 1.58 bits per heavy atom. The summed E-state index contributed by atoms with van der Waals surface area (Å²) in [7, 11) is 0. The van der Waals surface area contributed by atoms with Crippen LogP contribution in [0.25, 0.3) is 0 Å². The molecule has 0 bridgehead atoms. The Kier molecular flexibility index (Phi) is 13.6. The Morgan fingerprint density at radius 2 is 1.15 bits per heavy atom. The number of hydrogen-bond donors (Lipinski definition) is 2. The molecule has 3 heteroatoms. The molecule has 0 fully saturated rings. The van der Waals surface area contributed by atoms with E-state index in [0.29, 0.717) is 0 Å². The second kappa shape index (κ2) is 15.7. The van der Waals surface area contributed by atoms with E-state index in [0.717, 1.165) is 24.3 Å². The third-order valence-electron chi connectivity index (χ3n) is 4.93. The largest absolute Gasteiger partial charge is 0.494 e. The van der Waals surface area contributed by atoms with E-state index in [1.54, 1.807) is 0 Å². The van der Waals surface area contributed by atoms with Crippen LogP contribution in [0.1, 0.15) is 102 Å². The van der Waals surface area contributed by atoms with Crippen molar-refractivity contribution in [1.29, 1.82) is 5.41 Å². The molecule has 1 aromatic rings. The molecule has 1 rings (SSSR count). The molecule has 0 aliphatic heterocycles. The maximum absolute atomic E-state index is 7.37. The van der Waals surface area contributed by atoms with E-state index in [2.05, 4.69) is 6.92 Å². The van der Waals surface area contributed by atoms with Gasteiger partial charge in [0.25, 0.3) is 0 Å². The summed E-state index contributed by atoms with van der Waals surface area (Å²) in [6, 6.07) is 7.45. The van der Waals surface area contributed by atoms with Gasteiger partial charge in [-0.25, -0.2) is 0 Å². The van der Waals surface area contributed by atoms with Crippen molar-refractivity contribution in [2.75, 3.05) is 6.61 Å². The number of nitrogen functional groups attached to an aromatic ring is 1. The Morgan fingerprint density at radius 1 is 0.731 bits per heavy atom.